The van der Waals surface area contributed by atoms with Crippen molar-refractivity contribution in [1.82, 2.24) is 10.6 Å². The number of carbonyl (C=O) groups is 1. The van der Waals surface area contributed by atoms with Crippen LogP contribution in [-0.2, 0) is 14.3 Å². The molecule has 0 aliphatic carbocycles. The Hall–Kier alpha value is -1.10. The highest BCUT2D eigenvalue weighted by atomic mass is 127. The summed E-state index contributed by atoms with van der Waals surface area (Å²) in [6.45, 7) is 10.3. The Labute approximate surface area is 202 Å². The van der Waals surface area contributed by atoms with Gasteiger partial charge in [0.05, 0.1) is 26.4 Å². The van der Waals surface area contributed by atoms with Crippen molar-refractivity contribution in [2.45, 2.75) is 40.0 Å². The molecule has 0 saturated carbocycles. The molecule has 172 valence electrons. The van der Waals surface area contributed by atoms with Gasteiger partial charge in [-0.15, -0.1) is 24.0 Å². The number of rotatable bonds is 14. The minimum absolute atomic E-state index is 0. The molecule has 1 amide bonds. The summed E-state index contributed by atoms with van der Waals surface area (Å²) >= 11 is 6.08. The third-order valence-corrected chi connectivity index (χ3v) is 4.46. The number of halogens is 2. The highest BCUT2D eigenvalue weighted by Gasteiger charge is 2.07. The topological polar surface area (TPSA) is 84.0 Å². The third-order valence-electron chi connectivity index (χ3n) is 4.05. The van der Waals surface area contributed by atoms with Crippen molar-refractivity contribution in [3.05, 3.63) is 28.8 Å². The molecule has 1 rings (SSSR count). The normalized spacial score (nSPS) is 11.0. The van der Waals surface area contributed by atoms with E-state index in [1.54, 1.807) is 6.07 Å². The van der Waals surface area contributed by atoms with Gasteiger partial charge in [0.15, 0.2) is 5.96 Å². The van der Waals surface area contributed by atoms with Crippen LogP contribution in [0.5, 0.6) is 0 Å². The third kappa shape index (κ3) is 13.3. The van der Waals surface area contributed by atoms with Gasteiger partial charge in [-0.05, 0) is 38.0 Å². The SMILES string of the molecule is CCCCOCCOCCN=C(NCC)NCCC(=O)Nc1cccc(Cl)c1C.I. The van der Waals surface area contributed by atoms with Gasteiger partial charge in [0.1, 0.15) is 0 Å². The van der Waals surface area contributed by atoms with Gasteiger partial charge in [0.2, 0.25) is 5.91 Å². The molecule has 0 bridgehead atoms. The Balaban J connectivity index is 0.00000841. The molecule has 1 aromatic carbocycles. The van der Waals surface area contributed by atoms with E-state index in [0.29, 0.717) is 50.3 Å². The summed E-state index contributed by atoms with van der Waals surface area (Å²) in [7, 11) is 0. The van der Waals surface area contributed by atoms with Crippen LogP contribution in [0.4, 0.5) is 5.69 Å². The average molecular weight is 555 g/mol. The van der Waals surface area contributed by atoms with Crippen LogP contribution in [0.2, 0.25) is 5.02 Å². The molecule has 0 aliphatic rings. The van der Waals surface area contributed by atoms with Crippen LogP contribution in [0, 0.1) is 6.92 Å². The number of unbranched alkanes of at least 4 members (excludes halogenated alkanes) is 1. The Bertz CT molecular complexity index is 632. The van der Waals surface area contributed by atoms with Gasteiger partial charge in [0.25, 0.3) is 0 Å². The maximum absolute atomic E-state index is 12.2. The minimum atomic E-state index is -0.0786. The highest BCUT2D eigenvalue weighted by Crippen LogP contribution is 2.22. The molecule has 0 saturated heterocycles. The van der Waals surface area contributed by atoms with Crippen molar-refractivity contribution in [2.24, 2.45) is 4.99 Å². The van der Waals surface area contributed by atoms with E-state index >= 15 is 0 Å². The molecule has 3 N–H and O–H groups in total. The summed E-state index contributed by atoms with van der Waals surface area (Å²) in [6, 6.07) is 5.46. The molecule has 0 aromatic heterocycles. The van der Waals surface area contributed by atoms with Crippen LogP contribution in [0.15, 0.2) is 23.2 Å². The van der Waals surface area contributed by atoms with Gasteiger partial charge in [0, 0.05) is 36.8 Å². The fraction of sp³-hybridized carbons (Fsp3) is 0.619. The maximum Gasteiger partial charge on any atom is 0.226 e. The highest BCUT2D eigenvalue weighted by molar-refractivity contribution is 14.0. The molecule has 0 radical (unpaired) electrons. The molecule has 0 fully saturated rings. The summed E-state index contributed by atoms with van der Waals surface area (Å²) in [5.41, 5.74) is 1.60. The summed E-state index contributed by atoms with van der Waals surface area (Å²) in [6.07, 6.45) is 2.54. The zero-order valence-electron chi connectivity index (χ0n) is 18.3. The maximum atomic E-state index is 12.2. The molecule has 0 unspecified atom stereocenters. The summed E-state index contributed by atoms with van der Waals surface area (Å²) in [5, 5.41) is 9.84. The first kappa shape index (κ1) is 28.9. The molecule has 0 atom stereocenters. The van der Waals surface area contributed by atoms with Gasteiger partial charge in [-0.3, -0.25) is 9.79 Å². The smallest absolute Gasteiger partial charge is 0.226 e. The molecule has 7 nitrogen and oxygen atoms in total. The van der Waals surface area contributed by atoms with Crippen molar-refractivity contribution in [3.63, 3.8) is 0 Å². The number of carbonyl (C=O) groups excluding carboxylic acids is 1. The molecule has 9 heteroatoms. The van der Waals surface area contributed by atoms with E-state index in [2.05, 4.69) is 27.9 Å². The number of aliphatic imine (C=N–C) groups is 1. The number of ether oxygens (including phenoxy) is 2. The van der Waals surface area contributed by atoms with Crippen LogP contribution < -0.4 is 16.0 Å². The predicted octanol–water partition coefficient (Wildman–Crippen LogP) is 3.98. The van der Waals surface area contributed by atoms with E-state index in [-0.39, 0.29) is 29.9 Å². The Morgan fingerprint density at radius 3 is 2.53 bits per heavy atom. The lowest BCUT2D eigenvalue weighted by atomic mass is 10.2. The van der Waals surface area contributed by atoms with Crippen molar-refractivity contribution < 1.29 is 14.3 Å². The predicted molar refractivity (Wildman–Crippen MR) is 135 cm³/mol. The Kier molecular flexibility index (Phi) is 18.0. The first-order chi connectivity index (χ1) is 14.1. The van der Waals surface area contributed by atoms with Gasteiger partial charge < -0.3 is 25.4 Å². The summed E-state index contributed by atoms with van der Waals surface area (Å²) in [4.78, 5) is 16.6. The Morgan fingerprint density at radius 1 is 1.10 bits per heavy atom. The number of hydrogen-bond acceptors (Lipinski definition) is 4. The van der Waals surface area contributed by atoms with E-state index in [9.17, 15) is 4.79 Å². The number of nitrogens with one attached hydrogen (secondary N) is 3. The van der Waals surface area contributed by atoms with Crippen LogP contribution in [0.3, 0.4) is 0 Å². The van der Waals surface area contributed by atoms with Crippen molar-refractivity contribution in [1.29, 1.82) is 0 Å². The fourth-order valence-electron chi connectivity index (χ4n) is 2.38. The first-order valence-corrected chi connectivity index (χ1v) is 10.7. The van der Waals surface area contributed by atoms with E-state index in [1.165, 1.54) is 0 Å². The minimum Gasteiger partial charge on any atom is -0.379 e. The molecule has 0 aliphatic heterocycles. The molecule has 0 heterocycles. The second kappa shape index (κ2) is 18.7. The van der Waals surface area contributed by atoms with Gasteiger partial charge in [-0.25, -0.2) is 0 Å². The lowest BCUT2D eigenvalue weighted by Crippen LogP contribution is -2.39. The summed E-state index contributed by atoms with van der Waals surface area (Å²) < 4.78 is 11.0. The number of nitrogens with zero attached hydrogens (tertiary/aromatic N) is 1. The number of hydrogen-bond donors (Lipinski definition) is 3. The van der Waals surface area contributed by atoms with Crippen LogP contribution in [-0.4, -0.2) is 57.9 Å². The van der Waals surface area contributed by atoms with Crippen molar-refractivity contribution in [2.75, 3.05) is 51.4 Å². The van der Waals surface area contributed by atoms with E-state index < -0.39 is 0 Å². The standard InChI is InChI=1S/C21H35ClN4O3.HI/c1-4-6-13-28-15-16-29-14-12-25-21(23-5-2)24-11-10-20(27)26-19-9-7-8-18(22)17(19)3;/h7-9H,4-6,10-16H2,1-3H3,(H,26,27)(H2,23,24,25);1H. The number of benzene rings is 1. The average Bonchev–Trinajstić information content (AvgIpc) is 2.70. The largest absolute Gasteiger partial charge is 0.379 e. The zero-order chi connectivity index (χ0) is 21.3. The van der Waals surface area contributed by atoms with E-state index in [1.807, 2.05) is 26.0 Å². The van der Waals surface area contributed by atoms with Crippen LogP contribution in [0.1, 0.15) is 38.7 Å². The molecule has 1 aromatic rings. The number of anilines is 1. The van der Waals surface area contributed by atoms with Gasteiger partial charge in [-0.2, -0.15) is 0 Å². The molecule has 0 spiro atoms. The second-order valence-corrected chi connectivity index (χ2v) is 6.88. The number of guanidine groups is 1. The molecular weight excluding hydrogens is 519 g/mol. The van der Waals surface area contributed by atoms with Gasteiger partial charge in [-0.1, -0.05) is 31.0 Å². The van der Waals surface area contributed by atoms with Gasteiger partial charge >= 0.3 is 0 Å². The number of amides is 1. The Morgan fingerprint density at radius 2 is 1.83 bits per heavy atom. The summed E-state index contributed by atoms with van der Waals surface area (Å²) in [5.74, 6) is 0.590. The monoisotopic (exact) mass is 554 g/mol. The van der Waals surface area contributed by atoms with Crippen molar-refractivity contribution >= 4 is 53.1 Å². The quantitative estimate of drug-likeness (QED) is 0.140. The second-order valence-electron chi connectivity index (χ2n) is 6.48. The lowest BCUT2D eigenvalue weighted by molar-refractivity contribution is -0.116. The van der Waals surface area contributed by atoms with Crippen LogP contribution >= 0.6 is 35.6 Å². The lowest BCUT2D eigenvalue weighted by Gasteiger charge is -2.12. The van der Waals surface area contributed by atoms with E-state index in [4.69, 9.17) is 21.1 Å². The molecular formula is C21H36ClIN4O3. The van der Waals surface area contributed by atoms with E-state index in [0.717, 1.165) is 37.2 Å². The van der Waals surface area contributed by atoms with Crippen LogP contribution in [0.25, 0.3) is 0 Å². The van der Waals surface area contributed by atoms with Crippen molar-refractivity contribution in [3.8, 4) is 0 Å². The molecule has 30 heavy (non-hydrogen) atoms. The fourth-order valence-corrected chi connectivity index (χ4v) is 2.56. The first-order valence-electron chi connectivity index (χ1n) is 10.3. The zero-order valence-corrected chi connectivity index (χ0v) is 21.3.